The van der Waals surface area contributed by atoms with E-state index >= 15 is 0 Å². The van der Waals surface area contributed by atoms with E-state index in [0.29, 0.717) is 5.56 Å². The Labute approximate surface area is 82.4 Å². The second-order valence-corrected chi connectivity index (χ2v) is 3.52. The maximum atomic E-state index is 13.4. The summed E-state index contributed by atoms with van der Waals surface area (Å²) in [5.74, 6) is -1.51. The normalized spacial score (nSPS) is 12.5. The minimum atomic E-state index is -0.905. The Morgan fingerprint density at radius 3 is 2.71 bits per heavy atom. The van der Waals surface area contributed by atoms with E-state index < -0.39 is 5.97 Å². The number of aryl methyl sites for hydroxylation is 1. The van der Waals surface area contributed by atoms with Crippen LogP contribution in [0.2, 0.25) is 0 Å². The molecule has 0 bridgehead atoms. The van der Waals surface area contributed by atoms with Crippen LogP contribution in [0.5, 0.6) is 0 Å². The Balaban J connectivity index is 2.90. The molecule has 2 nitrogen and oxygen atoms in total. The van der Waals surface area contributed by atoms with Gasteiger partial charge in [0.1, 0.15) is 5.82 Å². The number of rotatable bonds is 3. The lowest BCUT2D eigenvalue weighted by Gasteiger charge is -2.10. The SMILES string of the molecule is Cc1ccc([C@H](C)CC(=O)O)c(F)c1. The van der Waals surface area contributed by atoms with Crippen LogP contribution in [0.4, 0.5) is 4.39 Å². The van der Waals surface area contributed by atoms with Gasteiger partial charge in [-0.05, 0) is 30.0 Å². The molecule has 0 unspecified atom stereocenters. The second-order valence-electron chi connectivity index (χ2n) is 3.52. The van der Waals surface area contributed by atoms with Gasteiger partial charge in [0.15, 0.2) is 0 Å². The van der Waals surface area contributed by atoms with Crippen molar-refractivity contribution in [1.82, 2.24) is 0 Å². The summed E-state index contributed by atoms with van der Waals surface area (Å²) in [5, 5.41) is 8.57. The van der Waals surface area contributed by atoms with Crippen molar-refractivity contribution in [3.63, 3.8) is 0 Å². The van der Waals surface area contributed by atoms with Gasteiger partial charge in [0, 0.05) is 0 Å². The minimum Gasteiger partial charge on any atom is -0.481 e. The monoisotopic (exact) mass is 196 g/mol. The van der Waals surface area contributed by atoms with Crippen molar-refractivity contribution in [1.29, 1.82) is 0 Å². The molecule has 0 amide bonds. The first-order valence-electron chi connectivity index (χ1n) is 4.48. The third-order valence-electron chi connectivity index (χ3n) is 2.17. The number of aliphatic carboxylic acids is 1. The van der Waals surface area contributed by atoms with Gasteiger partial charge in [-0.25, -0.2) is 4.39 Å². The van der Waals surface area contributed by atoms with Crippen LogP contribution in [0.3, 0.4) is 0 Å². The Hall–Kier alpha value is -1.38. The van der Waals surface area contributed by atoms with Crippen molar-refractivity contribution in [2.75, 3.05) is 0 Å². The lowest BCUT2D eigenvalue weighted by molar-refractivity contribution is -0.137. The average molecular weight is 196 g/mol. The van der Waals surface area contributed by atoms with Crippen molar-refractivity contribution in [2.24, 2.45) is 0 Å². The van der Waals surface area contributed by atoms with Gasteiger partial charge in [0.25, 0.3) is 0 Å². The Kier molecular flexibility index (Phi) is 3.23. The zero-order chi connectivity index (χ0) is 10.7. The molecular formula is C11H13FO2. The van der Waals surface area contributed by atoms with Gasteiger partial charge in [-0.2, -0.15) is 0 Å². The Bertz CT molecular complexity index is 347. The summed E-state index contributed by atoms with van der Waals surface area (Å²) >= 11 is 0. The summed E-state index contributed by atoms with van der Waals surface area (Å²) in [6.07, 6.45) is -0.0417. The minimum absolute atomic E-state index is 0.0417. The van der Waals surface area contributed by atoms with Crippen molar-refractivity contribution in [3.8, 4) is 0 Å². The number of hydrogen-bond acceptors (Lipinski definition) is 1. The molecule has 1 aromatic carbocycles. The van der Waals surface area contributed by atoms with Crippen LogP contribution in [0.1, 0.15) is 30.4 Å². The molecule has 1 rings (SSSR count). The van der Waals surface area contributed by atoms with Crippen molar-refractivity contribution in [3.05, 3.63) is 35.1 Å². The summed E-state index contributed by atoms with van der Waals surface area (Å²) in [5.41, 5.74) is 1.31. The van der Waals surface area contributed by atoms with Crippen LogP contribution in [0, 0.1) is 12.7 Å². The van der Waals surface area contributed by atoms with Crippen LogP contribution in [-0.2, 0) is 4.79 Å². The number of halogens is 1. The van der Waals surface area contributed by atoms with E-state index in [1.54, 1.807) is 26.0 Å². The van der Waals surface area contributed by atoms with Gasteiger partial charge >= 0.3 is 5.97 Å². The lowest BCUT2D eigenvalue weighted by atomic mass is 9.96. The molecule has 0 aliphatic carbocycles. The first kappa shape index (κ1) is 10.7. The average Bonchev–Trinajstić information content (AvgIpc) is 2.01. The second kappa shape index (κ2) is 4.22. The quantitative estimate of drug-likeness (QED) is 0.807. The smallest absolute Gasteiger partial charge is 0.303 e. The van der Waals surface area contributed by atoms with E-state index in [-0.39, 0.29) is 18.2 Å². The van der Waals surface area contributed by atoms with Gasteiger partial charge in [-0.15, -0.1) is 0 Å². The maximum Gasteiger partial charge on any atom is 0.303 e. The standard InChI is InChI=1S/C11H13FO2/c1-7-3-4-9(10(12)5-7)8(2)6-11(13)14/h3-5,8H,6H2,1-2H3,(H,13,14)/t8-/m1/s1. The molecule has 0 fully saturated rings. The number of carboxylic acid groups (broad SMARTS) is 1. The summed E-state index contributed by atoms with van der Waals surface area (Å²) in [7, 11) is 0. The zero-order valence-electron chi connectivity index (χ0n) is 8.25. The maximum absolute atomic E-state index is 13.4. The van der Waals surface area contributed by atoms with E-state index in [4.69, 9.17) is 5.11 Å². The van der Waals surface area contributed by atoms with Gasteiger partial charge in [0.05, 0.1) is 6.42 Å². The molecule has 14 heavy (non-hydrogen) atoms. The highest BCUT2D eigenvalue weighted by atomic mass is 19.1. The molecule has 0 aliphatic heterocycles. The Morgan fingerprint density at radius 2 is 2.21 bits per heavy atom. The van der Waals surface area contributed by atoms with E-state index in [0.717, 1.165) is 5.56 Å². The Morgan fingerprint density at radius 1 is 1.57 bits per heavy atom. The third-order valence-corrected chi connectivity index (χ3v) is 2.17. The topological polar surface area (TPSA) is 37.3 Å². The van der Waals surface area contributed by atoms with Crippen molar-refractivity contribution < 1.29 is 14.3 Å². The fourth-order valence-corrected chi connectivity index (χ4v) is 1.40. The summed E-state index contributed by atoms with van der Waals surface area (Å²) in [6.45, 7) is 3.51. The molecule has 0 radical (unpaired) electrons. The molecule has 3 heteroatoms. The molecule has 76 valence electrons. The lowest BCUT2D eigenvalue weighted by Crippen LogP contribution is -2.04. The molecular weight excluding hydrogens is 183 g/mol. The van der Waals surface area contributed by atoms with Gasteiger partial charge in [-0.3, -0.25) is 4.79 Å². The van der Waals surface area contributed by atoms with Crippen LogP contribution >= 0.6 is 0 Å². The van der Waals surface area contributed by atoms with Gasteiger partial charge in [0.2, 0.25) is 0 Å². The highest BCUT2D eigenvalue weighted by molar-refractivity contribution is 5.68. The number of benzene rings is 1. The predicted molar refractivity (Wildman–Crippen MR) is 51.8 cm³/mol. The summed E-state index contributed by atoms with van der Waals surface area (Å²) in [4.78, 5) is 10.4. The molecule has 0 spiro atoms. The molecule has 1 aromatic rings. The molecule has 0 saturated carbocycles. The first-order chi connectivity index (χ1) is 6.50. The van der Waals surface area contributed by atoms with Crippen LogP contribution in [0.25, 0.3) is 0 Å². The number of carboxylic acids is 1. The molecule has 0 aromatic heterocycles. The highest BCUT2D eigenvalue weighted by Gasteiger charge is 2.13. The van der Waals surface area contributed by atoms with Crippen molar-refractivity contribution >= 4 is 5.97 Å². The predicted octanol–water partition coefficient (Wildman–Crippen LogP) is 2.71. The van der Waals surface area contributed by atoms with Crippen molar-refractivity contribution in [2.45, 2.75) is 26.2 Å². The molecule has 1 N–H and O–H groups in total. The van der Waals surface area contributed by atoms with E-state index in [9.17, 15) is 9.18 Å². The molecule has 0 heterocycles. The fourth-order valence-electron chi connectivity index (χ4n) is 1.40. The third kappa shape index (κ3) is 2.55. The van der Waals surface area contributed by atoms with Gasteiger partial charge < -0.3 is 5.11 Å². The van der Waals surface area contributed by atoms with E-state index in [1.165, 1.54) is 6.07 Å². The highest BCUT2D eigenvalue weighted by Crippen LogP contribution is 2.22. The summed E-state index contributed by atoms with van der Waals surface area (Å²) in [6, 6.07) is 4.86. The van der Waals surface area contributed by atoms with Crippen LogP contribution in [0.15, 0.2) is 18.2 Å². The van der Waals surface area contributed by atoms with Crippen LogP contribution in [-0.4, -0.2) is 11.1 Å². The number of carbonyl (C=O) groups is 1. The largest absolute Gasteiger partial charge is 0.481 e. The van der Waals surface area contributed by atoms with E-state index in [2.05, 4.69) is 0 Å². The zero-order valence-corrected chi connectivity index (χ0v) is 8.25. The molecule has 1 atom stereocenters. The number of hydrogen-bond donors (Lipinski definition) is 1. The van der Waals surface area contributed by atoms with Gasteiger partial charge in [-0.1, -0.05) is 19.1 Å². The fraction of sp³-hybridized carbons (Fsp3) is 0.364. The first-order valence-corrected chi connectivity index (χ1v) is 4.48. The molecule has 0 saturated heterocycles. The van der Waals surface area contributed by atoms with Crippen LogP contribution < -0.4 is 0 Å². The molecule has 0 aliphatic rings. The van der Waals surface area contributed by atoms with E-state index in [1.807, 2.05) is 0 Å². The summed E-state index contributed by atoms with van der Waals surface area (Å²) < 4.78 is 13.4.